The molecule has 0 aromatic carbocycles. The maximum absolute atomic E-state index is 11.0. The maximum atomic E-state index is 11.0. The second kappa shape index (κ2) is 5.45. The van der Waals surface area contributed by atoms with Gasteiger partial charge in [-0.05, 0) is 19.8 Å². The molecule has 2 rings (SSSR count). The third-order valence-corrected chi connectivity index (χ3v) is 3.25. The van der Waals surface area contributed by atoms with Gasteiger partial charge in [-0.1, -0.05) is 0 Å². The molecular formula is C11H16N4O5. The third-order valence-electron chi connectivity index (χ3n) is 3.25. The number of anilines is 1. The smallest absolute Gasteiger partial charge is 0.333 e. The van der Waals surface area contributed by atoms with Gasteiger partial charge in [0.1, 0.15) is 5.69 Å². The summed E-state index contributed by atoms with van der Waals surface area (Å²) in [5.74, 6) is -0.676. The average molecular weight is 284 g/mol. The molecule has 0 spiro atoms. The second-order valence-corrected chi connectivity index (χ2v) is 4.71. The largest absolute Gasteiger partial charge is 0.479 e. The minimum atomic E-state index is -0.977. The Hall–Kier alpha value is -2.16. The fourth-order valence-electron chi connectivity index (χ4n) is 2.31. The highest BCUT2D eigenvalue weighted by molar-refractivity contribution is 5.72. The highest BCUT2D eigenvalue weighted by Gasteiger charge is 2.31. The zero-order valence-corrected chi connectivity index (χ0v) is 11.2. The summed E-state index contributed by atoms with van der Waals surface area (Å²) in [6.07, 6.45) is -0.000968. The normalized spacial score (nSPS) is 21.9. The van der Waals surface area contributed by atoms with Crippen LogP contribution in [0.5, 0.6) is 0 Å². The molecule has 0 saturated carbocycles. The molecule has 2 heterocycles. The lowest BCUT2D eigenvalue weighted by Crippen LogP contribution is -2.25. The molecule has 9 heteroatoms. The van der Waals surface area contributed by atoms with Gasteiger partial charge < -0.3 is 15.2 Å². The predicted octanol–water partition coefficient (Wildman–Crippen LogP) is 0.681. The molecule has 2 N–H and O–H groups in total. The van der Waals surface area contributed by atoms with Gasteiger partial charge in [0.25, 0.3) is 0 Å². The van der Waals surface area contributed by atoms with E-state index in [1.165, 1.54) is 4.68 Å². The van der Waals surface area contributed by atoms with Crippen molar-refractivity contribution in [2.45, 2.75) is 32.0 Å². The number of ether oxygens (including phenoxy) is 1. The molecule has 2 atom stereocenters. The molecule has 1 aromatic heterocycles. The van der Waals surface area contributed by atoms with E-state index in [0.717, 1.165) is 0 Å². The van der Waals surface area contributed by atoms with Crippen LogP contribution in [-0.2, 0) is 16.6 Å². The number of hydrogen-bond acceptors (Lipinski definition) is 6. The summed E-state index contributed by atoms with van der Waals surface area (Å²) in [5.41, 5.74) is 0.260. The molecule has 1 fully saturated rings. The molecule has 0 amide bonds. The first kappa shape index (κ1) is 14.3. The molecule has 110 valence electrons. The van der Waals surface area contributed by atoms with Gasteiger partial charge in [0.05, 0.1) is 11.0 Å². The van der Waals surface area contributed by atoms with Crippen molar-refractivity contribution in [1.29, 1.82) is 0 Å². The molecule has 0 aliphatic carbocycles. The first-order chi connectivity index (χ1) is 9.40. The van der Waals surface area contributed by atoms with Gasteiger partial charge in [-0.2, -0.15) is 5.10 Å². The Bertz CT molecular complexity index is 541. The van der Waals surface area contributed by atoms with Gasteiger partial charge in [0.15, 0.2) is 6.10 Å². The predicted molar refractivity (Wildman–Crippen MR) is 68.6 cm³/mol. The van der Waals surface area contributed by atoms with E-state index in [2.05, 4.69) is 10.4 Å². The summed E-state index contributed by atoms with van der Waals surface area (Å²) in [7, 11) is 1.61. The van der Waals surface area contributed by atoms with E-state index in [9.17, 15) is 14.9 Å². The van der Waals surface area contributed by atoms with Gasteiger partial charge in [-0.15, -0.1) is 0 Å². The van der Waals surface area contributed by atoms with Gasteiger partial charge in [0.2, 0.25) is 5.82 Å². The van der Waals surface area contributed by atoms with E-state index in [1.807, 2.05) is 0 Å². The standard InChI is InChI=1S/C11H16N4O5/c1-6-9(15(18)19)10(14(2)13-6)12-5-7-3-4-8(20-7)11(16)17/h7-8,12H,3-5H2,1-2H3,(H,16,17). The van der Waals surface area contributed by atoms with E-state index >= 15 is 0 Å². The number of carbonyl (C=O) groups is 1. The number of hydrogen-bond donors (Lipinski definition) is 2. The lowest BCUT2D eigenvalue weighted by atomic mass is 10.2. The van der Waals surface area contributed by atoms with Crippen LogP contribution in [-0.4, -0.2) is 44.5 Å². The molecule has 9 nitrogen and oxygen atoms in total. The van der Waals surface area contributed by atoms with Crippen molar-refractivity contribution in [3.05, 3.63) is 15.8 Å². The quantitative estimate of drug-likeness (QED) is 0.602. The Morgan fingerprint density at radius 2 is 2.35 bits per heavy atom. The minimum Gasteiger partial charge on any atom is -0.479 e. The van der Waals surface area contributed by atoms with Crippen LogP contribution in [0.3, 0.4) is 0 Å². The molecule has 20 heavy (non-hydrogen) atoms. The SMILES string of the molecule is Cc1nn(C)c(NCC2CCC(C(=O)O)O2)c1[N+](=O)[O-]. The fourth-order valence-corrected chi connectivity index (χ4v) is 2.31. The Labute approximate surface area is 114 Å². The summed E-state index contributed by atoms with van der Waals surface area (Å²) >= 11 is 0. The topological polar surface area (TPSA) is 120 Å². The Morgan fingerprint density at radius 1 is 1.65 bits per heavy atom. The first-order valence-corrected chi connectivity index (χ1v) is 6.20. The number of nitrogens with zero attached hydrogens (tertiary/aromatic N) is 3. The number of aryl methyl sites for hydroxylation is 2. The van der Waals surface area contributed by atoms with Crippen molar-refractivity contribution >= 4 is 17.5 Å². The number of rotatable bonds is 5. The Kier molecular flexibility index (Phi) is 3.89. The zero-order chi connectivity index (χ0) is 14.9. The van der Waals surface area contributed by atoms with E-state index in [4.69, 9.17) is 9.84 Å². The van der Waals surface area contributed by atoms with Crippen molar-refractivity contribution in [2.24, 2.45) is 7.05 Å². The molecule has 1 aliphatic heterocycles. The summed E-state index contributed by atoms with van der Waals surface area (Å²) in [6.45, 7) is 1.87. The maximum Gasteiger partial charge on any atom is 0.333 e. The van der Waals surface area contributed by atoms with Crippen molar-refractivity contribution in [1.82, 2.24) is 9.78 Å². The molecule has 1 saturated heterocycles. The van der Waals surface area contributed by atoms with Gasteiger partial charge >= 0.3 is 11.7 Å². The zero-order valence-electron chi connectivity index (χ0n) is 11.2. The van der Waals surface area contributed by atoms with E-state index < -0.39 is 17.0 Å². The van der Waals surface area contributed by atoms with Crippen LogP contribution in [0.4, 0.5) is 11.5 Å². The van der Waals surface area contributed by atoms with Crippen molar-refractivity contribution in [3.8, 4) is 0 Å². The highest BCUT2D eigenvalue weighted by Crippen LogP contribution is 2.28. The monoisotopic (exact) mass is 284 g/mol. The molecule has 1 aliphatic rings. The lowest BCUT2D eigenvalue weighted by Gasteiger charge is -2.12. The highest BCUT2D eigenvalue weighted by atomic mass is 16.6. The summed E-state index contributed by atoms with van der Waals surface area (Å²) in [5, 5.41) is 26.8. The Morgan fingerprint density at radius 3 is 2.90 bits per heavy atom. The summed E-state index contributed by atoms with van der Waals surface area (Å²) < 4.78 is 6.73. The second-order valence-electron chi connectivity index (χ2n) is 4.71. The molecule has 0 radical (unpaired) electrons. The number of aromatic nitrogens is 2. The van der Waals surface area contributed by atoms with Gasteiger partial charge in [-0.3, -0.25) is 10.1 Å². The number of carboxylic acid groups (broad SMARTS) is 1. The van der Waals surface area contributed by atoms with Crippen LogP contribution in [0.1, 0.15) is 18.5 Å². The lowest BCUT2D eigenvalue weighted by molar-refractivity contribution is -0.384. The number of carboxylic acids is 1. The summed E-state index contributed by atoms with van der Waals surface area (Å²) in [4.78, 5) is 21.3. The van der Waals surface area contributed by atoms with Crippen LogP contribution < -0.4 is 5.32 Å². The number of nitrogens with one attached hydrogen (secondary N) is 1. The average Bonchev–Trinajstić information content (AvgIpc) is 2.91. The minimum absolute atomic E-state index is 0.0692. The fraction of sp³-hybridized carbons (Fsp3) is 0.636. The van der Waals surface area contributed by atoms with Crippen LogP contribution in [0, 0.1) is 17.0 Å². The van der Waals surface area contributed by atoms with Crippen molar-refractivity contribution in [3.63, 3.8) is 0 Å². The number of nitro groups is 1. The molecule has 1 aromatic rings. The van der Waals surface area contributed by atoms with Crippen LogP contribution >= 0.6 is 0 Å². The molecule has 2 unspecified atom stereocenters. The molecule has 0 bridgehead atoms. The number of aliphatic carboxylic acids is 1. The van der Waals surface area contributed by atoms with Gasteiger partial charge in [-0.25, -0.2) is 9.48 Å². The Balaban J connectivity index is 2.02. The summed E-state index contributed by atoms with van der Waals surface area (Å²) in [6, 6.07) is 0. The van der Waals surface area contributed by atoms with E-state index in [-0.39, 0.29) is 11.8 Å². The van der Waals surface area contributed by atoms with Crippen molar-refractivity contribution in [2.75, 3.05) is 11.9 Å². The van der Waals surface area contributed by atoms with Gasteiger partial charge in [0, 0.05) is 13.6 Å². The van der Waals surface area contributed by atoms with Crippen LogP contribution in [0.2, 0.25) is 0 Å². The van der Waals surface area contributed by atoms with Crippen molar-refractivity contribution < 1.29 is 19.6 Å². The van der Waals surface area contributed by atoms with Crippen LogP contribution in [0.25, 0.3) is 0 Å². The van der Waals surface area contributed by atoms with E-state index in [0.29, 0.717) is 30.9 Å². The van der Waals surface area contributed by atoms with Crippen LogP contribution in [0.15, 0.2) is 0 Å². The first-order valence-electron chi connectivity index (χ1n) is 6.20. The van der Waals surface area contributed by atoms with E-state index in [1.54, 1.807) is 14.0 Å². The molecular weight excluding hydrogens is 268 g/mol. The third kappa shape index (κ3) is 2.72.